The molecule has 0 aromatic heterocycles. The van der Waals surface area contributed by atoms with E-state index < -0.39 is 11.5 Å². The maximum Gasteiger partial charge on any atom is 0.226 e. The maximum atomic E-state index is 9.48. The zero-order chi connectivity index (χ0) is 13.2. The van der Waals surface area contributed by atoms with Crippen LogP contribution in [0.2, 0.25) is 0 Å². The Balaban J connectivity index is 2.16. The molecule has 4 nitrogen and oxygen atoms in total. The number of aliphatic hydroxyl groups is 3. The highest BCUT2D eigenvalue weighted by Crippen LogP contribution is 2.26. The third kappa shape index (κ3) is 2.80. The van der Waals surface area contributed by atoms with Crippen LogP contribution in [0.4, 0.5) is 0 Å². The van der Waals surface area contributed by atoms with Gasteiger partial charge in [-0.3, -0.25) is 0 Å². The molecule has 0 bridgehead atoms. The van der Waals surface area contributed by atoms with E-state index in [4.69, 9.17) is 0 Å². The van der Waals surface area contributed by atoms with Crippen molar-refractivity contribution in [1.29, 1.82) is 0 Å². The van der Waals surface area contributed by atoms with Crippen LogP contribution >= 0.6 is 0 Å². The van der Waals surface area contributed by atoms with Crippen molar-refractivity contribution in [2.45, 2.75) is 12.2 Å². The molecular weight excluding hydrogens is 232 g/mol. The molecule has 2 rings (SSSR count). The molecule has 0 radical (unpaired) electrons. The lowest BCUT2D eigenvalue weighted by atomic mass is 9.97. The second kappa shape index (κ2) is 4.68. The Morgan fingerprint density at radius 2 is 1.83 bits per heavy atom. The van der Waals surface area contributed by atoms with Gasteiger partial charge in [0, 0.05) is 6.42 Å². The van der Waals surface area contributed by atoms with Crippen molar-refractivity contribution in [3.63, 3.8) is 0 Å². The molecule has 1 aromatic carbocycles. The SMILES string of the molecule is OC1=CC=C(C=Cc2cccc(O)c2)CC1(O)O. The molecular formula is C14H14O4. The van der Waals surface area contributed by atoms with Gasteiger partial charge in [-0.05, 0) is 29.3 Å². The lowest BCUT2D eigenvalue weighted by Crippen LogP contribution is -2.32. The van der Waals surface area contributed by atoms with Crippen LogP contribution in [0.15, 0.2) is 53.8 Å². The van der Waals surface area contributed by atoms with Gasteiger partial charge < -0.3 is 20.4 Å². The highest BCUT2D eigenvalue weighted by atomic mass is 16.5. The largest absolute Gasteiger partial charge is 0.508 e. The van der Waals surface area contributed by atoms with Crippen LogP contribution in [0, 0.1) is 0 Å². The Hall–Kier alpha value is -2.04. The van der Waals surface area contributed by atoms with E-state index in [0.717, 1.165) is 5.56 Å². The predicted molar refractivity (Wildman–Crippen MR) is 67.7 cm³/mol. The van der Waals surface area contributed by atoms with E-state index in [1.54, 1.807) is 36.4 Å². The maximum absolute atomic E-state index is 9.48. The fourth-order valence-electron chi connectivity index (χ4n) is 1.70. The lowest BCUT2D eigenvalue weighted by Gasteiger charge is -2.24. The van der Waals surface area contributed by atoms with Gasteiger partial charge >= 0.3 is 0 Å². The summed E-state index contributed by atoms with van der Waals surface area (Å²) in [6.45, 7) is 0. The fourth-order valence-corrected chi connectivity index (χ4v) is 1.70. The summed E-state index contributed by atoms with van der Waals surface area (Å²) in [7, 11) is 0. The van der Waals surface area contributed by atoms with Gasteiger partial charge in [-0.2, -0.15) is 0 Å². The Kier molecular flexibility index (Phi) is 3.23. The zero-order valence-corrected chi connectivity index (χ0v) is 9.61. The molecule has 4 heteroatoms. The number of hydrogen-bond donors (Lipinski definition) is 4. The smallest absolute Gasteiger partial charge is 0.226 e. The first-order chi connectivity index (χ1) is 8.47. The van der Waals surface area contributed by atoms with Gasteiger partial charge in [0.05, 0.1) is 0 Å². The molecule has 0 spiro atoms. The summed E-state index contributed by atoms with van der Waals surface area (Å²) in [5.41, 5.74) is 1.47. The summed E-state index contributed by atoms with van der Waals surface area (Å²) < 4.78 is 0. The van der Waals surface area contributed by atoms with Crippen LogP contribution in [-0.2, 0) is 0 Å². The molecule has 94 valence electrons. The van der Waals surface area contributed by atoms with Crippen molar-refractivity contribution >= 4 is 6.08 Å². The Morgan fingerprint density at radius 1 is 1.06 bits per heavy atom. The monoisotopic (exact) mass is 246 g/mol. The van der Waals surface area contributed by atoms with E-state index in [9.17, 15) is 20.4 Å². The minimum atomic E-state index is -2.20. The summed E-state index contributed by atoms with van der Waals surface area (Å²) in [5.74, 6) is -2.49. The van der Waals surface area contributed by atoms with Crippen LogP contribution in [0.1, 0.15) is 12.0 Å². The molecule has 0 atom stereocenters. The first-order valence-electron chi connectivity index (χ1n) is 5.49. The molecule has 0 saturated heterocycles. The minimum Gasteiger partial charge on any atom is -0.508 e. The summed E-state index contributed by atoms with van der Waals surface area (Å²) in [6, 6.07) is 6.71. The van der Waals surface area contributed by atoms with Gasteiger partial charge in [0.2, 0.25) is 5.79 Å². The van der Waals surface area contributed by atoms with Crippen molar-refractivity contribution in [1.82, 2.24) is 0 Å². The van der Waals surface area contributed by atoms with Crippen molar-refractivity contribution in [2.75, 3.05) is 0 Å². The summed E-state index contributed by atoms with van der Waals surface area (Å²) >= 11 is 0. The Bertz CT molecular complexity index is 538. The second-order valence-electron chi connectivity index (χ2n) is 4.22. The molecule has 0 unspecified atom stereocenters. The number of benzene rings is 1. The molecule has 1 aliphatic carbocycles. The summed E-state index contributed by atoms with van der Waals surface area (Å²) in [5, 5.41) is 37.5. The summed E-state index contributed by atoms with van der Waals surface area (Å²) in [6.07, 6.45) is 6.24. The highest BCUT2D eigenvalue weighted by molar-refractivity contribution is 5.55. The van der Waals surface area contributed by atoms with Gasteiger partial charge in [-0.25, -0.2) is 0 Å². The first-order valence-corrected chi connectivity index (χ1v) is 5.49. The topological polar surface area (TPSA) is 80.9 Å². The highest BCUT2D eigenvalue weighted by Gasteiger charge is 2.31. The average molecular weight is 246 g/mol. The standard InChI is InChI=1S/C14H14O4/c15-12-3-1-2-10(8-12)4-5-11-6-7-13(16)14(17,18)9-11/h1-8,15-18H,9H2. The number of rotatable bonds is 2. The number of hydrogen-bond acceptors (Lipinski definition) is 4. The van der Waals surface area contributed by atoms with Crippen LogP contribution in [0.3, 0.4) is 0 Å². The number of aromatic hydroxyl groups is 1. The number of phenolic OH excluding ortho intramolecular Hbond substituents is 1. The van der Waals surface area contributed by atoms with Crippen molar-refractivity contribution in [2.24, 2.45) is 0 Å². The van der Waals surface area contributed by atoms with Crippen molar-refractivity contribution in [3.8, 4) is 5.75 Å². The number of aliphatic hydroxyl groups excluding tert-OH is 1. The van der Waals surface area contributed by atoms with Gasteiger partial charge in [0.15, 0.2) is 5.76 Å². The third-order valence-corrected chi connectivity index (χ3v) is 2.68. The molecule has 0 amide bonds. The molecule has 0 saturated carbocycles. The van der Waals surface area contributed by atoms with Gasteiger partial charge in [-0.15, -0.1) is 0 Å². The Labute approximate surface area is 104 Å². The molecule has 18 heavy (non-hydrogen) atoms. The fraction of sp³-hybridized carbons (Fsp3) is 0.143. The van der Waals surface area contributed by atoms with E-state index in [1.165, 1.54) is 6.08 Å². The number of phenols is 1. The van der Waals surface area contributed by atoms with Crippen molar-refractivity contribution in [3.05, 3.63) is 59.4 Å². The molecule has 4 N–H and O–H groups in total. The van der Waals surface area contributed by atoms with Gasteiger partial charge in [0.25, 0.3) is 0 Å². The van der Waals surface area contributed by atoms with Crippen LogP contribution < -0.4 is 0 Å². The molecule has 0 fully saturated rings. The van der Waals surface area contributed by atoms with Crippen molar-refractivity contribution < 1.29 is 20.4 Å². The molecule has 0 aliphatic heterocycles. The second-order valence-corrected chi connectivity index (χ2v) is 4.22. The van der Waals surface area contributed by atoms with Gasteiger partial charge in [-0.1, -0.05) is 30.4 Å². The van der Waals surface area contributed by atoms with E-state index in [1.807, 2.05) is 6.07 Å². The van der Waals surface area contributed by atoms with Crippen LogP contribution in [0.25, 0.3) is 6.08 Å². The van der Waals surface area contributed by atoms with E-state index in [2.05, 4.69) is 0 Å². The lowest BCUT2D eigenvalue weighted by molar-refractivity contribution is -0.150. The van der Waals surface area contributed by atoms with E-state index in [0.29, 0.717) is 5.57 Å². The summed E-state index contributed by atoms with van der Waals surface area (Å²) in [4.78, 5) is 0. The zero-order valence-electron chi connectivity index (χ0n) is 9.61. The predicted octanol–water partition coefficient (Wildman–Crippen LogP) is 1.86. The first kappa shape index (κ1) is 12.4. The Morgan fingerprint density at radius 3 is 2.50 bits per heavy atom. The normalized spacial score (nSPS) is 18.6. The molecule has 1 aliphatic rings. The van der Waals surface area contributed by atoms with Gasteiger partial charge in [0.1, 0.15) is 5.75 Å². The van der Waals surface area contributed by atoms with Crippen LogP contribution in [-0.4, -0.2) is 26.2 Å². The quantitative estimate of drug-likeness (QED) is 0.600. The third-order valence-electron chi connectivity index (χ3n) is 2.68. The number of allylic oxidation sites excluding steroid dienone is 3. The van der Waals surface area contributed by atoms with Crippen LogP contribution in [0.5, 0.6) is 5.75 Å². The van der Waals surface area contributed by atoms with E-state index in [-0.39, 0.29) is 12.2 Å². The molecule has 1 aromatic rings. The average Bonchev–Trinajstić information content (AvgIpc) is 2.31. The minimum absolute atomic E-state index is 0.0787. The molecule has 0 heterocycles. The van der Waals surface area contributed by atoms with E-state index >= 15 is 0 Å².